The number of hydrogen-bond acceptors (Lipinski definition) is 7. The Hall–Kier alpha value is -2.82. The van der Waals surface area contributed by atoms with E-state index in [1.54, 1.807) is 0 Å². The van der Waals surface area contributed by atoms with Gasteiger partial charge in [-0.1, -0.05) is 6.58 Å². The maximum absolute atomic E-state index is 12.4. The SMILES string of the molecule is C=C(N)NCCC[C@H](NC(=O)[C@H](NC(C)=O)[C@@H](C)O)C(=O)N[C@@H](C)C(N)=O. The highest BCUT2D eigenvalue weighted by Crippen LogP contribution is 2.02. The maximum Gasteiger partial charge on any atom is 0.245 e. The number of nitrogens with two attached hydrogens (primary N) is 2. The molecular weight excluding hydrogens is 356 g/mol. The van der Waals surface area contributed by atoms with Crippen LogP contribution in [0.4, 0.5) is 0 Å². The molecule has 0 unspecified atom stereocenters. The van der Waals surface area contributed by atoms with Gasteiger partial charge in [-0.25, -0.2) is 0 Å². The van der Waals surface area contributed by atoms with Crippen molar-refractivity contribution in [3.63, 3.8) is 0 Å². The molecule has 9 N–H and O–H groups in total. The molecule has 0 saturated carbocycles. The van der Waals surface area contributed by atoms with Gasteiger partial charge in [0.1, 0.15) is 18.1 Å². The fraction of sp³-hybridized carbons (Fsp3) is 0.625. The second-order valence-corrected chi connectivity index (χ2v) is 6.21. The Morgan fingerprint density at radius 2 is 1.63 bits per heavy atom. The lowest BCUT2D eigenvalue weighted by Crippen LogP contribution is -2.58. The molecular formula is C16H30N6O5. The first-order chi connectivity index (χ1) is 12.5. The van der Waals surface area contributed by atoms with E-state index in [1.807, 2.05) is 0 Å². The van der Waals surface area contributed by atoms with Gasteiger partial charge in [0.15, 0.2) is 0 Å². The number of primary amides is 1. The summed E-state index contributed by atoms with van der Waals surface area (Å²) in [7, 11) is 0. The first kappa shape index (κ1) is 24.2. The third kappa shape index (κ3) is 10.0. The van der Waals surface area contributed by atoms with Crippen molar-refractivity contribution in [3.05, 3.63) is 12.4 Å². The van der Waals surface area contributed by atoms with E-state index in [4.69, 9.17) is 11.5 Å². The highest BCUT2D eigenvalue weighted by atomic mass is 16.3. The summed E-state index contributed by atoms with van der Waals surface area (Å²) < 4.78 is 0. The van der Waals surface area contributed by atoms with Gasteiger partial charge in [-0.15, -0.1) is 0 Å². The summed E-state index contributed by atoms with van der Waals surface area (Å²) in [4.78, 5) is 47.1. The first-order valence-electron chi connectivity index (χ1n) is 8.49. The Kier molecular flexibility index (Phi) is 10.5. The van der Waals surface area contributed by atoms with Crippen LogP contribution in [0.1, 0.15) is 33.6 Å². The van der Waals surface area contributed by atoms with E-state index in [2.05, 4.69) is 27.8 Å². The molecule has 0 aromatic rings. The third-order valence-electron chi connectivity index (χ3n) is 3.56. The van der Waals surface area contributed by atoms with Crippen molar-refractivity contribution in [2.24, 2.45) is 11.5 Å². The number of carbonyl (C=O) groups is 4. The summed E-state index contributed by atoms with van der Waals surface area (Å²) in [6.07, 6.45) is -0.529. The summed E-state index contributed by atoms with van der Waals surface area (Å²) in [5, 5.41) is 19.7. The molecule has 0 aliphatic rings. The quantitative estimate of drug-likeness (QED) is 0.176. The lowest BCUT2D eigenvalue weighted by Gasteiger charge is -2.25. The molecule has 11 nitrogen and oxygen atoms in total. The second kappa shape index (κ2) is 11.7. The molecule has 0 aromatic carbocycles. The molecule has 0 fully saturated rings. The fourth-order valence-electron chi connectivity index (χ4n) is 2.09. The Morgan fingerprint density at radius 1 is 1.04 bits per heavy atom. The molecule has 4 amide bonds. The highest BCUT2D eigenvalue weighted by Gasteiger charge is 2.29. The van der Waals surface area contributed by atoms with E-state index < -0.39 is 47.9 Å². The standard InChI is InChI=1S/C16H30N6O5/c1-8(14(18)25)20-15(26)12(6-5-7-19-10(3)17)22-16(27)13(9(2)23)21-11(4)24/h8-9,12-13,19,23H,3,5-7,17H2,1-2,4H3,(H2,18,25)(H,20,26)(H,21,24)(H,22,27)/t8-,9+,12-,13+/m0/s1. The van der Waals surface area contributed by atoms with Crippen LogP contribution in [0.2, 0.25) is 0 Å². The van der Waals surface area contributed by atoms with E-state index in [0.717, 1.165) is 0 Å². The minimum atomic E-state index is -1.23. The van der Waals surface area contributed by atoms with Gasteiger partial charge in [0.05, 0.1) is 11.9 Å². The van der Waals surface area contributed by atoms with Gasteiger partial charge in [-0.3, -0.25) is 19.2 Å². The number of amides is 4. The van der Waals surface area contributed by atoms with Crippen LogP contribution >= 0.6 is 0 Å². The first-order valence-corrected chi connectivity index (χ1v) is 8.49. The van der Waals surface area contributed by atoms with E-state index in [1.165, 1.54) is 20.8 Å². The molecule has 0 bridgehead atoms. The minimum Gasteiger partial charge on any atom is -0.391 e. The van der Waals surface area contributed by atoms with Crippen LogP contribution < -0.4 is 32.7 Å². The van der Waals surface area contributed by atoms with E-state index in [0.29, 0.717) is 13.0 Å². The van der Waals surface area contributed by atoms with Gasteiger partial charge < -0.3 is 37.8 Å². The van der Waals surface area contributed by atoms with Gasteiger partial charge in [-0.2, -0.15) is 0 Å². The summed E-state index contributed by atoms with van der Waals surface area (Å²) in [5.74, 6) is -2.32. The van der Waals surface area contributed by atoms with Crippen LogP contribution in [0, 0.1) is 0 Å². The van der Waals surface area contributed by atoms with E-state index in [9.17, 15) is 24.3 Å². The van der Waals surface area contributed by atoms with Crippen LogP contribution in [-0.4, -0.2) is 59.5 Å². The Balaban J connectivity index is 5.10. The molecule has 0 aliphatic carbocycles. The zero-order chi connectivity index (χ0) is 21.1. The number of nitrogens with one attached hydrogen (secondary N) is 4. The molecule has 0 rings (SSSR count). The molecule has 11 heteroatoms. The van der Waals surface area contributed by atoms with Crippen molar-refractivity contribution in [1.82, 2.24) is 21.3 Å². The Morgan fingerprint density at radius 3 is 2.07 bits per heavy atom. The maximum atomic E-state index is 12.4. The fourth-order valence-corrected chi connectivity index (χ4v) is 2.09. The average Bonchev–Trinajstić information content (AvgIpc) is 2.54. The van der Waals surface area contributed by atoms with Crippen molar-refractivity contribution in [2.45, 2.75) is 57.8 Å². The molecule has 0 aromatic heterocycles. The van der Waals surface area contributed by atoms with Crippen molar-refractivity contribution < 1.29 is 24.3 Å². The molecule has 0 radical (unpaired) electrons. The average molecular weight is 386 g/mol. The highest BCUT2D eigenvalue weighted by molar-refractivity contribution is 5.93. The van der Waals surface area contributed by atoms with Crippen LogP contribution in [-0.2, 0) is 19.2 Å². The Bertz CT molecular complexity index is 566. The zero-order valence-electron chi connectivity index (χ0n) is 15.9. The van der Waals surface area contributed by atoms with E-state index in [-0.39, 0.29) is 12.2 Å². The molecule has 0 saturated heterocycles. The van der Waals surface area contributed by atoms with Crippen LogP contribution in [0.25, 0.3) is 0 Å². The second-order valence-electron chi connectivity index (χ2n) is 6.21. The van der Waals surface area contributed by atoms with Gasteiger partial charge >= 0.3 is 0 Å². The summed E-state index contributed by atoms with van der Waals surface area (Å²) >= 11 is 0. The summed E-state index contributed by atoms with van der Waals surface area (Å²) in [6.45, 7) is 7.84. The van der Waals surface area contributed by atoms with E-state index >= 15 is 0 Å². The van der Waals surface area contributed by atoms with Gasteiger partial charge in [0.25, 0.3) is 0 Å². The summed E-state index contributed by atoms with van der Waals surface area (Å²) in [6, 6.07) is -3.17. The molecule has 0 heterocycles. The molecule has 27 heavy (non-hydrogen) atoms. The van der Waals surface area contributed by atoms with Gasteiger partial charge in [-0.05, 0) is 26.7 Å². The molecule has 4 atom stereocenters. The van der Waals surface area contributed by atoms with Crippen LogP contribution in [0.5, 0.6) is 0 Å². The monoisotopic (exact) mass is 386 g/mol. The number of hydrogen-bond donors (Lipinski definition) is 7. The minimum absolute atomic E-state index is 0.204. The zero-order valence-corrected chi connectivity index (χ0v) is 15.9. The largest absolute Gasteiger partial charge is 0.391 e. The number of aliphatic hydroxyl groups excluding tert-OH is 1. The van der Waals surface area contributed by atoms with Gasteiger partial charge in [0, 0.05) is 13.5 Å². The summed E-state index contributed by atoms with van der Waals surface area (Å²) in [5.41, 5.74) is 10.5. The van der Waals surface area contributed by atoms with Crippen LogP contribution in [0.15, 0.2) is 12.4 Å². The lowest BCUT2D eigenvalue weighted by atomic mass is 10.1. The number of carbonyl (C=O) groups excluding carboxylic acids is 4. The normalized spacial score (nSPS) is 14.8. The molecule has 0 aliphatic heterocycles. The number of aliphatic hydroxyl groups is 1. The van der Waals surface area contributed by atoms with Crippen molar-refractivity contribution in [1.29, 1.82) is 0 Å². The predicted octanol–water partition coefficient (Wildman–Crippen LogP) is -2.85. The Labute approximate surface area is 158 Å². The van der Waals surface area contributed by atoms with Crippen LogP contribution in [0.3, 0.4) is 0 Å². The smallest absolute Gasteiger partial charge is 0.245 e. The molecule has 154 valence electrons. The number of rotatable bonds is 12. The predicted molar refractivity (Wildman–Crippen MR) is 98.6 cm³/mol. The van der Waals surface area contributed by atoms with Crippen molar-refractivity contribution >= 4 is 23.6 Å². The molecule has 0 spiro atoms. The van der Waals surface area contributed by atoms with Crippen molar-refractivity contribution in [2.75, 3.05) is 6.54 Å². The third-order valence-corrected chi connectivity index (χ3v) is 3.56. The lowest BCUT2D eigenvalue weighted by molar-refractivity contribution is -0.134. The topological polar surface area (TPSA) is 189 Å². The van der Waals surface area contributed by atoms with Gasteiger partial charge in [0.2, 0.25) is 23.6 Å². The van der Waals surface area contributed by atoms with Crippen molar-refractivity contribution in [3.8, 4) is 0 Å².